The standard InChI is InChI=1S/C17H33N3O3/c1-3-18-17(20-9-5-15(13-20)14-21-2)19-8-4-10-23-16-6-11-22-12-7-16/h15-16H,3-14H2,1-2H3,(H,18,19). The molecule has 1 atom stereocenters. The third-order valence-electron chi connectivity index (χ3n) is 4.41. The van der Waals surface area contributed by atoms with Gasteiger partial charge in [0.15, 0.2) is 5.96 Å². The number of ether oxygens (including phenoxy) is 3. The van der Waals surface area contributed by atoms with Gasteiger partial charge in [-0.15, -0.1) is 0 Å². The van der Waals surface area contributed by atoms with Crippen molar-refractivity contribution in [2.75, 3.05) is 59.7 Å². The molecule has 0 saturated carbocycles. The van der Waals surface area contributed by atoms with Crippen LogP contribution in [0.25, 0.3) is 0 Å². The van der Waals surface area contributed by atoms with E-state index in [-0.39, 0.29) is 0 Å². The molecule has 0 bridgehead atoms. The first kappa shape index (κ1) is 18.5. The molecule has 0 spiro atoms. The summed E-state index contributed by atoms with van der Waals surface area (Å²) in [6, 6.07) is 0. The number of nitrogens with zero attached hydrogens (tertiary/aromatic N) is 2. The Morgan fingerprint density at radius 2 is 2.13 bits per heavy atom. The molecule has 2 aliphatic rings. The van der Waals surface area contributed by atoms with E-state index in [2.05, 4.69) is 17.1 Å². The van der Waals surface area contributed by atoms with E-state index < -0.39 is 0 Å². The van der Waals surface area contributed by atoms with Gasteiger partial charge in [-0.1, -0.05) is 0 Å². The largest absolute Gasteiger partial charge is 0.384 e. The number of likely N-dealkylation sites (tertiary alicyclic amines) is 1. The predicted octanol–water partition coefficient (Wildman–Crippen LogP) is 1.51. The average Bonchev–Trinajstić information content (AvgIpc) is 3.03. The summed E-state index contributed by atoms with van der Waals surface area (Å²) >= 11 is 0. The van der Waals surface area contributed by atoms with Gasteiger partial charge in [-0.25, -0.2) is 0 Å². The lowest BCUT2D eigenvalue weighted by Crippen LogP contribution is -2.40. The molecule has 0 radical (unpaired) electrons. The molecular weight excluding hydrogens is 294 g/mol. The van der Waals surface area contributed by atoms with Crippen LogP contribution >= 0.6 is 0 Å². The minimum absolute atomic E-state index is 0.384. The van der Waals surface area contributed by atoms with Gasteiger partial charge < -0.3 is 24.4 Å². The Labute approximate surface area is 140 Å². The van der Waals surface area contributed by atoms with Gasteiger partial charge in [0.2, 0.25) is 0 Å². The molecular formula is C17H33N3O3. The number of methoxy groups -OCH3 is 1. The van der Waals surface area contributed by atoms with E-state index in [1.807, 2.05) is 0 Å². The number of hydrogen-bond acceptors (Lipinski definition) is 4. The summed E-state index contributed by atoms with van der Waals surface area (Å²) in [6.07, 6.45) is 4.60. The first-order chi connectivity index (χ1) is 11.3. The van der Waals surface area contributed by atoms with Gasteiger partial charge in [0, 0.05) is 59.0 Å². The average molecular weight is 327 g/mol. The first-order valence-corrected chi connectivity index (χ1v) is 9.05. The van der Waals surface area contributed by atoms with Crippen LogP contribution in [0.2, 0.25) is 0 Å². The highest BCUT2D eigenvalue weighted by atomic mass is 16.5. The Bertz CT molecular complexity index is 346. The van der Waals surface area contributed by atoms with Gasteiger partial charge in [-0.3, -0.25) is 4.99 Å². The summed E-state index contributed by atoms with van der Waals surface area (Å²) in [5.74, 6) is 1.66. The van der Waals surface area contributed by atoms with E-state index in [1.165, 1.54) is 6.42 Å². The SMILES string of the molecule is CCNC(=NCCCOC1CCOCC1)N1CCC(COC)C1. The first-order valence-electron chi connectivity index (χ1n) is 9.05. The lowest BCUT2D eigenvalue weighted by Gasteiger charge is -2.23. The van der Waals surface area contributed by atoms with E-state index in [0.717, 1.165) is 77.8 Å². The Balaban J connectivity index is 1.67. The van der Waals surface area contributed by atoms with Crippen LogP contribution in [0.5, 0.6) is 0 Å². The highest BCUT2D eigenvalue weighted by Gasteiger charge is 2.24. The molecule has 0 aromatic carbocycles. The van der Waals surface area contributed by atoms with Crippen molar-refractivity contribution < 1.29 is 14.2 Å². The van der Waals surface area contributed by atoms with E-state index in [9.17, 15) is 0 Å². The second kappa shape index (κ2) is 10.8. The maximum Gasteiger partial charge on any atom is 0.193 e. The molecule has 23 heavy (non-hydrogen) atoms. The summed E-state index contributed by atoms with van der Waals surface area (Å²) in [5, 5.41) is 3.41. The zero-order valence-electron chi connectivity index (χ0n) is 14.8. The molecule has 2 heterocycles. The van der Waals surface area contributed by atoms with E-state index in [4.69, 9.17) is 19.2 Å². The lowest BCUT2D eigenvalue weighted by atomic mass is 10.1. The second-order valence-corrected chi connectivity index (χ2v) is 6.33. The molecule has 0 amide bonds. The third-order valence-corrected chi connectivity index (χ3v) is 4.41. The normalized spacial score (nSPS) is 23.5. The minimum atomic E-state index is 0.384. The van der Waals surface area contributed by atoms with Crippen LogP contribution in [0.4, 0.5) is 0 Å². The Kier molecular flexibility index (Phi) is 8.71. The number of guanidine groups is 1. The van der Waals surface area contributed by atoms with Gasteiger partial charge in [0.25, 0.3) is 0 Å². The third kappa shape index (κ3) is 6.65. The number of nitrogens with one attached hydrogen (secondary N) is 1. The summed E-state index contributed by atoms with van der Waals surface area (Å²) in [6.45, 7) is 9.26. The maximum absolute atomic E-state index is 5.90. The molecule has 2 rings (SSSR count). The fraction of sp³-hybridized carbons (Fsp3) is 0.941. The Morgan fingerprint density at radius 3 is 2.87 bits per heavy atom. The van der Waals surface area contributed by atoms with Crippen LogP contribution in [-0.2, 0) is 14.2 Å². The van der Waals surface area contributed by atoms with Crippen molar-refractivity contribution in [3.63, 3.8) is 0 Å². The Morgan fingerprint density at radius 1 is 1.30 bits per heavy atom. The fourth-order valence-electron chi connectivity index (χ4n) is 3.16. The molecule has 1 N–H and O–H groups in total. The van der Waals surface area contributed by atoms with Crippen molar-refractivity contribution in [1.29, 1.82) is 0 Å². The number of rotatable bonds is 8. The quantitative estimate of drug-likeness (QED) is 0.416. The topological polar surface area (TPSA) is 55.3 Å². The van der Waals surface area contributed by atoms with E-state index in [0.29, 0.717) is 12.0 Å². The van der Waals surface area contributed by atoms with Gasteiger partial charge in [-0.2, -0.15) is 0 Å². The molecule has 0 aromatic rings. The van der Waals surface area contributed by atoms with Gasteiger partial charge >= 0.3 is 0 Å². The van der Waals surface area contributed by atoms with E-state index in [1.54, 1.807) is 7.11 Å². The highest BCUT2D eigenvalue weighted by Crippen LogP contribution is 2.16. The summed E-state index contributed by atoms with van der Waals surface area (Å²) < 4.78 is 16.5. The van der Waals surface area contributed by atoms with Gasteiger partial charge in [0.05, 0.1) is 12.7 Å². The van der Waals surface area contributed by atoms with Crippen molar-refractivity contribution in [2.24, 2.45) is 10.9 Å². The maximum atomic E-state index is 5.90. The molecule has 2 aliphatic heterocycles. The van der Waals surface area contributed by atoms with Crippen molar-refractivity contribution in [2.45, 2.75) is 38.7 Å². The molecule has 6 nitrogen and oxygen atoms in total. The van der Waals surface area contributed by atoms with Gasteiger partial charge in [0.1, 0.15) is 0 Å². The van der Waals surface area contributed by atoms with Crippen LogP contribution < -0.4 is 5.32 Å². The molecule has 2 saturated heterocycles. The molecule has 6 heteroatoms. The molecule has 0 aliphatic carbocycles. The Hall–Kier alpha value is -0.850. The monoisotopic (exact) mass is 327 g/mol. The second-order valence-electron chi connectivity index (χ2n) is 6.33. The van der Waals surface area contributed by atoms with E-state index >= 15 is 0 Å². The zero-order chi connectivity index (χ0) is 16.3. The highest BCUT2D eigenvalue weighted by molar-refractivity contribution is 5.80. The number of aliphatic imine (C=N–C) groups is 1. The van der Waals surface area contributed by atoms with Crippen LogP contribution in [-0.4, -0.2) is 76.7 Å². The molecule has 134 valence electrons. The predicted molar refractivity (Wildman–Crippen MR) is 91.9 cm³/mol. The molecule has 2 fully saturated rings. The molecule has 0 aromatic heterocycles. The zero-order valence-corrected chi connectivity index (χ0v) is 14.8. The van der Waals surface area contributed by atoms with Crippen LogP contribution in [0, 0.1) is 5.92 Å². The van der Waals surface area contributed by atoms with Crippen molar-refractivity contribution in [3.8, 4) is 0 Å². The number of hydrogen-bond donors (Lipinski definition) is 1. The lowest BCUT2D eigenvalue weighted by molar-refractivity contribution is -0.0318. The van der Waals surface area contributed by atoms with Crippen LogP contribution in [0.1, 0.15) is 32.6 Å². The van der Waals surface area contributed by atoms with Crippen LogP contribution in [0.15, 0.2) is 4.99 Å². The van der Waals surface area contributed by atoms with Crippen molar-refractivity contribution >= 4 is 5.96 Å². The smallest absolute Gasteiger partial charge is 0.193 e. The molecule has 1 unspecified atom stereocenters. The van der Waals surface area contributed by atoms with Crippen LogP contribution in [0.3, 0.4) is 0 Å². The minimum Gasteiger partial charge on any atom is -0.384 e. The summed E-state index contributed by atoms with van der Waals surface area (Å²) in [4.78, 5) is 7.11. The van der Waals surface area contributed by atoms with Crippen molar-refractivity contribution in [3.05, 3.63) is 0 Å². The summed E-state index contributed by atoms with van der Waals surface area (Å²) in [5.41, 5.74) is 0. The van der Waals surface area contributed by atoms with Gasteiger partial charge in [-0.05, 0) is 32.6 Å². The summed E-state index contributed by atoms with van der Waals surface area (Å²) in [7, 11) is 1.78. The van der Waals surface area contributed by atoms with Crippen molar-refractivity contribution in [1.82, 2.24) is 10.2 Å². The fourth-order valence-corrected chi connectivity index (χ4v) is 3.16.